The van der Waals surface area contributed by atoms with E-state index in [1.54, 1.807) is 13.2 Å². The van der Waals surface area contributed by atoms with Gasteiger partial charge in [0, 0.05) is 18.0 Å². The molecular formula is C16H15ClN4. The number of benzene rings is 2. The molecule has 0 amide bonds. The fraction of sp³-hybridized carbons (Fsp3) is 0.125. The highest BCUT2D eigenvalue weighted by Gasteiger charge is 2.11. The molecule has 1 aromatic heterocycles. The van der Waals surface area contributed by atoms with E-state index in [1.807, 2.05) is 30.3 Å². The van der Waals surface area contributed by atoms with Gasteiger partial charge in [-0.15, -0.1) is 0 Å². The minimum atomic E-state index is 0.635. The van der Waals surface area contributed by atoms with Crippen LogP contribution in [0.5, 0.6) is 0 Å². The molecule has 0 aliphatic heterocycles. The summed E-state index contributed by atoms with van der Waals surface area (Å²) in [6, 6.07) is 12.0. The summed E-state index contributed by atoms with van der Waals surface area (Å²) in [7, 11) is 1.76. The molecule has 0 saturated carbocycles. The van der Waals surface area contributed by atoms with Gasteiger partial charge in [0.2, 0.25) is 0 Å². The van der Waals surface area contributed by atoms with Crippen LogP contribution in [0.4, 0.5) is 5.69 Å². The van der Waals surface area contributed by atoms with Crippen molar-refractivity contribution in [1.82, 2.24) is 10.2 Å². The van der Waals surface area contributed by atoms with E-state index < -0.39 is 0 Å². The first kappa shape index (κ1) is 13.6. The summed E-state index contributed by atoms with van der Waals surface area (Å²) in [6.07, 6.45) is 1.72. The van der Waals surface area contributed by atoms with Crippen molar-refractivity contribution >= 4 is 34.0 Å². The topological polar surface area (TPSA) is 53.1 Å². The Morgan fingerprint density at radius 3 is 2.81 bits per heavy atom. The molecule has 0 spiro atoms. The molecule has 1 heterocycles. The molecule has 0 fully saturated rings. The van der Waals surface area contributed by atoms with Crippen molar-refractivity contribution in [1.29, 1.82) is 0 Å². The van der Waals surface area contributed by atoms with E-state index in [9.17, 15) is 0 Å². The number of aromatic nitrogens is 2. The Kier molecular flexibility index (Phi) is 3.62. The van der Waals surface area contributed by atoms with Crippen LogP contribution in [0.3, 0.4) is 0 Å². The number of nitrogens with zero attached hydrogens (tertiary/aromatic N) is 2. The summed E-state index contributed by atoms with van der Waals surface area (Å²) in [6.45, 7) is 2.06. The smallest absolute Gasteiger partial charge is 0.132 e. The fourth-order valence-electron chi connectivity index (χ4n) is 2.29. The van der Waals surface area contributed by atoms with Crippen LogP contribution in [-0.2, 0) is 0 Å². The van der Waals surface area contributed by atoms with Gasteiger partial charge in [-0.3, -0.25) is 10.1 Å². The zero-order valence-corrected chi connectivity index (χ0v) is 12.6. The van der Waals surface area contributed by atoms with Gasteiger partial charge < -0.3 is 5.32 Å². The van der Waals surface area contributed by atoms with E-state index in [0.717, 1.165) is 33.6 Å². The van der Waals surface area contributed by atoms with E-state index >= 15 is 0 Å². The van der Waals surface area contributed by atoms with E-state index in [0.29, 0.717) is 5.02 Å². The Morgan fingerprint density at radius 1 is 1.24 bits per heavy atom. The molecule has 4 nitrogen and oxygen atoms in total. The van der Waals surface area contributed by atoms with Crippen molar-refractivity contribution in [3.63, 3.8) is 0 Å². The van der Waals surface area contributed by atoms with Crippen LogP contribution < -0.4 is 5.32 Å². The summed E-state index contributed by atoms with van der Waals surface area (Å²) in [4.78, 5) is 4.35. The lowest BCUT2D eigenvalue weighted by Gasteiger charge is -2.13. The van der Waals surface area contributed by atoms with Crippen LogP contribution in [0, 0.1) is 6.92 Å². The zero-order valence-electron chi connectivity index (χ0n) is 11.8. The summed E-state index contributed by atoms with van der Waals surface area (Å²) >= 11 is 6.43. The summed E-state index contributed by atoms with van der Waals surface area (Å²) in [5, 5.41) is 11.7. The standard InChI is InChI=1S/C16H15ClN4/c1-10-5-3-4-6-11(10)16(18-2)20-14-8-7-13-12(15(14)17)9-19-21-13/h3-9H,1-2H3,(H,18,20)(H,19,21). The Morgan fingerprint density at radius 2 is 2.05 bits per heavy atom. The normalized spacial score (nSPS) is 11.9. The number of aromatic amines is 1. The number of aliphatic imine (C=N–C) groups is 1. The van der Waals surface area contributed by atoms with Gasteiger partial charge in [-0.05, 0) is 24.6 Å². The maximum absolute atomic E-state index is 6.43. The van der Waals surface area contributed by atoms with Crippen LogP contribution in [0.1, 0.15) is 11.1 Å². The molecule has 0 unspecified atom stereocenters. The highest BCUT2D eigenvalue weighted by Crippen LogP contribution is 2.30. The summed E-state index contributed by atoms with van der Waals surface area (Å²) < 4.78 is 0. The molecule has 0 radical (unpaired) electrons. The van der Waals surface area contributed by atoms with Crippen molar-refractivity contribution in [2.75, 3.05) is 12.4 Å². The van der Waals surface area contributed by atoms with Gasteiger partial charge in [-0.2, -0.15) is 5.10 Å². The number of anilines is 1. The predicted octanol–water partition coefficient (Wildman–Crippen LogP) is 4.01. The number of nitrogens with one attached hydrogen (secondary N) is 2. The zero-order chi connectivity index (χ0) is 14.8. The molecule has 0 saturated heterocycles. The van der Waals surface area contributed by atoms with Gasteiger partial charge in [0.25, 0.3) is 0 Å². The van der Waals surface area contributed by atoms with E-state index in [-0.39, 0.29) is 0 Å². The average Bonchev–Trinajstić information content (AvgIpc) is 2.97. The van der Waals surface area contributed by atoms with E-state index in [4.69, 9.17) is 11.6 Å². The first-order valence-corrected chi connectivity index (χ1v) is 7.00. The van der Waals surface area contributed by atoms with Gasteiger partial charge in [0.1, 0.15) is 5.84 Å². The molecule has 2 N–H and O–H groups in total. The number of hydrogen-bond donors (Lipinski definition) is 2. The second-order valence-corrected chi connectivity index (χ2v) is 5.15. The van der Waals surface area contributed by atoms with Gasteiger partial charge in [-0.25, -0.2) is 0 Å². The maximum Gasteiger partial charge on any atom is 0.132 e. The molecule has 21 heavy (non-hydrogen) atoms. The largest absolute Gasteiger partial charge is 0.339 e. The number of hydrogen-bond acceptors (Lipinski definition) is 2. The van der Waals surface area contributed by atoms with Gasteiger partial charge >= 0.3 is 0 Å². The van der Waals surface area contributed by atoms with Crippen molar-refractivity contribution in [3.05, 3.63) is 58.7 Å². The molecule has 106 valence electrons. The van der Waals surface area contributed by atoms with Crippen LogP contribution in [-0.4, -0.2) is 23.1 Å². The SMILES string of the molecule is CN=C(Nc1ccc2[nH]ncc2c1Cl)c1ccccc1C. The molecule has 2 aromatic carbocycles. The van der Waals surface area contributed by atoms with Gasteiger partial charge in [0.05, 0.1) is 22.4 Å². The molecule has 0 bridgehead atoms. The number of aryl methyl sites for hydroxylation is 1. The lowest BCUT2D eigenvalue weighted by molar-refractivity contribution is 1.12. The number of fused-ring (bicyclic) bond motifs is 1. The molecule has 0 aliphatic rings. The highest BCUT2D eigenvalue weighted by atomic mass is 35.5. The van der Waals surface area contributed by atoms with Crippen LogP contribution in [0.25, 0.3) is 10.9 Å². The van der Waals surface area contributed by atoms with Crippen LogP contribution >= 0.6 is 11.6 Å². The lowest BCUT2D eigenvalue weighted by Crippen LogP contribution is -2.15. The first-order valence-electron chi connectivity index (χ1n) is 6.62. The third-order valence-electron chi connectivity index (χ3n) is 3.44. The summed E-state index contributed by atoms with van der Waals surface area (Å²) in [5.41, 5.74) is 3.94. The Hall–Kier alpha value is -2.33. The van der Waals surface area contributed by atoms with Crippen LogP contribution in [0.2, 0.25) is 5.02 Å². The van der Waals surface area contributed by atoms with Gasteiger partial charge in [-0.1, -0.05) is 35.9 Å². The first-order chi connectivity index (χ1) is 10.2. The third-order valence-corrected chi connectivity index (χ3v) is 3.84. The lowest BCUT2D eigenvalue weighted by atomic mass is 10.1. The second kappa shape index (κ2) is 5.58. The van der Waals surface area contributed by atoms with Gasteiger partial charge in [0.15, 0.2) is 0 Å². The molecule has 3 aromatic rings. The molecular weight excluding hydrogens is 284 g/mol. The Labute approximate surface area is 127 Å². The second-order valence-electron chi connectivity index (χ2n) is 4.77. The quantitative estimate of drug-likeness (QED) is 0.555. The van der Waals surface area contributed by atoms with Crippen molar-refractivity contribution in [2.24, 2.45) is 4.99 Å². The average molecular weight is 299 g/mol. The Balaban J connectivity index is 2.00. The number of H-pyrrole nitrogens is 1. The van der Waals surface area contributed by atoms with Crippen LogP contribution in [0.15, 0.2) is 47.6 Å². The Bertz CT molecular complexity index is 820. The van der Waals surface area contributed by atoms with Crippen molar-refractivity contribution in [2.45, 2.75) is 6.92 Å². The molecule has 0 atom stereocenters. The molecule has 0 aliphatic carbocycles. The number of rotatable bonds is 2. The summed E-state index contributed by atoms with van der Waals surface area (Å²) in [5.74, 6) is 0.790. The van der Waals surface area contributed by atoms with E-state index in [2.05, 4.69) is 33.5 Å². The molecule has 5 heteroatoms. The van der Waals surface area contributed by atoms with Crippen molar-refractivity contribution in [3.8, 4) is 0 Å². The number of halogens is 1. The predicted molar refractivity (Wildman–Crippen MR) is 88.4 cm³/mol. The number of amidine groups is 1. The third kappa shape index (κ3) is 2.50. The minimum Gasteiger partial charge on any atom is -0.339 e. The van der Waals surface area contributed by atoms with Crippen molar-refractivity contribution < 1.29 is 0 Å². The monoisotopic (exact) mass is 298 g/mol. The molecule has 3 rings (SSSR count). The minimum absolute atomic E-state index is 0.635. The van der Waals surface area contributed by atoms with E-state index in [1.165, 1.54) is 0 Å². The fourth-order valence-corrected chi connectivity index (χ4v) is 2.55. The maximum atomic E-state index is 6.43. The highest BCUT2D eigenvalue weighted by molar-refractivity contribution is 6.38.